The van der Waals surface area contributed by atoms with Crippen molar-refractivity contribution in [2.75, 3.05) is 5.73 Å². The molecule has 4 heteroatoms. The molecule has 1 aromatic carbocycles. The molecule has 2 rings (SSSR count). The van der Waals surface area contributed by atoms with Crippen molar-refractivity contribution < 1.29 is 9.63 Å². The molecule has 3 N–H and O–H groups in total. The Kier molecular flexibility index (Phi) is 1.89. The van der Waals surface area contributed by atoms with Crippen molar-refractivity contribution in [2.45, 2.75) is 6.92 Å². The summed E-state index contributed by atoms with van der Waals surface area (Å²) in [6.45, 7) is 1.93. The average molecular weight is 190 g/mol. The maximum absolute atomic E-state index is 9.57. The lowest BCUT2D eigenvalue weighted by Gasteiger charge is -2.00. The molecule has 72 valence electrons. The third kappa shape index (κ3) is 1.42. The van der Waals surface area contributed by atoms with Crippen LogP contribution in [0.25, 0.3) is 11.3 Å². The van der Waals surface area contributed by atoms with Gasteiger partial charge in [0.15, 0.2) is 11.6 Å². The quantitative estimate of drug-likeness (QED) is 0.720. The first-order chi connectivity index (χ1) is 6.66. The van der Waals surface area contributed by atoms with E-state index >= 15 is 0 Å². The Morgan fingerprint density at radius 3 is 2.79 bits per heavy atom. The Bertz CT molecular complexity index is 463. The molecule has 0 aliphatic carbocycles. The lowest BCUT2D eigenvalue weighted by molar-refractivity contribution is 0.429. The number of nitrogens with zero attached hydrogens (tertiary/aromatic N) is 1. The summed E-state index contributed by atoms with van der Waals surface area (Å²) in [6.07, 6.45) is 0. The van der Waals surface area contributed by atoms with E-state index in [0.717, 1.165) is 5.56 Å². The molecule has 14 heavy (non-hydrogen) atoms. The molecule has 0 saturated carbocycles. The van der Waals surface area contributed by atoms with Crippen molar-refractivity contribution in [1.29, 1.82) is 0 Å². The van der Waals surface area contributed by atoms with Crippen LogP contribution >= 0.6 is 0 Å². The van der Waals surface area contributed by atoms with Crippen LogP contribution in [-0.4, -0.2) is 10.3 Å². The Hall–Kier alpha value is -1.97. The highest BCUT2D eigenvalue weighted by atomic mass is 16.5. The maximum atomic E-state index is 9.57. The summed E-state index contributed by atoms with van der Waals surface area (Å²) in [4.78, 5) is 0. The van der Waals surface area contributed by atoms with Crippen LogP contribution in [0.4, 0.5) is 5.82 Å². The predicted octanol–water partition coefficient (Wildman–Crippen LogP) is 1.94. The standard InChI is InChI=1S/C10H10N2O2/c1-6-2-3-8(13)7(4-6)9-5-10(11)12-14-9/h2-5,13H,1H3,(H2,11,12). The average Bonchev–Trinajstić information content (AvgIpc) is 2.56. The smallest absolute Gasteiger partial charge is 0.172 e. The second kappa shape index (κ2) is 3.06. The Morgan fingerprint density at radius 1 is 1.36 bits per heavy atom. The lowest BCUT2D eigenvalue weighted by Crippen LogP contribution is -1.80. The van der Waals surface area contributed by atoms with Crippen molar-refractivity contribution in [3.63, 3.8) is 0 Å². The van der Waals surface area contributed by atoms with E-state index in [9.17, 15) is 5.11 Å². The number of phenolic OH excluding ortho intramolecular Hbond substituents is 1. The normalized spacial score (nSPS) is 10.4. The van der Waals surface area contributed by atoms with Gasteiger partial charge in [-0.1, -0.05) is 16.8 Å². The molecule has 0 atom stereocenters. The minimum atomic E-state index is 0.159. The molecule has 0 fully saturated rings. The second-order valence-electron chi connectivity index (χ2n) is 3.14. The minimum absolute atomic E-state index is 0.159. The number of hydrogen-bond acceptors (Lipinski definition) is 4. The van der Waals surface area contributed by atoms with Gasteiger partial charge >= 0.3 is 0 Å². The monoisotopic (exact) mass is 190 g/mol. The molecule has 0 unspecified atom stereocenters. The van der Waals surface area contributed by atoms with Crippen LogP contribution in [0.1, 0.15) is 5.56 Å². The van der Waals surface area contributed by atoms with Crippen molar-refractivity contribution in [1.82, 2.24) is 5.16 Å². The SMILES string of the molecule is Cc1ccc(O)c(-c2cc(N)no2)c1. The number of benzene rings is 1. The molecule has 2 aromatic rings. The fourth-order valence-corrected chi connectivity index (χ4v) is 1.26. The molecule has 0 aliphatic rings. The van der Waals surface area contributed by atoms with Gasteiger partial charge in [-0.15, -0.1) is 0 Å². The Balaban J connectivity index is 2.55. The van der Waals surface area contributed by atoms with Crippen LogP contribution in [-0.2, 0) is 0 Å². The van der Waals surface area contributed by atoms with Crippen LogP contribution in [0.3, 0.4) is 0 Å². The van der Waals surface area contributed by atoms with Crippen molar-refractivity contribution in [2.24, 2.45) is 0 Å². The Labute approximate surface area is 81.0 Å². The number of anilines is 1. The fourth-order valence-electron chi connectivity index (χ4n) is 1.26. The second-order valence-corrected chi connectivity index (χ2v) is 3.14. The number of nitrogens with two attached hydrogens (primary N) is 1. The zero-order chi connectivity index (χ0) is 10.1. The zero-order valence-corrected chi connectivity index (χ0v) is 7.69. The number of nitrogen functional groups attached to an aromatic ring is 1. The number of hydrogen-bond donors (Lipinski definition) is 2. The Morgan fingerprint density at radius 2 is 2.14 bits per heavy atom. The van der Waals surface area contributed by atoms with Gasteiger partial charge in [0.1, 0.15) is 5.75 Å². The first kappa shape index (κ1) is 8.62. The summed E-state index contributed by atoms with van der Waals surface area (Å²) in [5.74, 6) is 0.941. The first-order valence-electron chi connectivity index (χ1n) is 4.19. The third-order valence-corrected chi connectivity index (χ3v) is 1.95. The van der Waals surface area contributed by atoms with E-state index in [1.807, 2.05) is 19.1 Å². The van der Waals surface area contributed by atoms with Crippen LogP contribution in [0.5, 0.6) is 5.75 Å². The van der Waals surface area contributed by atoms with Crippen LogP contribution in [0.2, 0.25) is 0 Å². The highest BCUT2D eigenvalue weighted by Gasteiger charge is 2.09. The molecule has 0 saturated heterocycles. The van der Waals surface area contributed by atoms with Gasteiger partial charge in [0.2, 0.25) is 0 Å². The summed E-state index contributed by atoms with van der Waals surface area (Å²) in [7, 11) is 0. The predicted molar refractivity (Wildman–Crippen MR) is 52.8 cm³/mol. The van der Waals surface area contributed by atoms with Crippen LogP contribution in [0, 0.1) is 6.92 Å². The van der Waals surface area contributed by atoms with Gasteiger partial charge in [-0.3, -0.25) is 0 Å². The summed E-state index contributed by atoms with van der Waals surface area (Å²) in [5.41, 5.74) is 7.06. The number of aryl methyl sites for hydroxylation is 1. The van der Waals surface area contributed by atoms with Crippen LogP contribution < -0.4 is 5.73 Å². The highest BCUT2D eigenvalue weighted by Crippen LogP contribution is 2.30. The molecule has 0 radical (unpaired) electrons. The fraction of sp³-hybridized carbons (Fsp3) is 0.100. The summed E-state index contributed by atoms with van der Waals surface area (Å²) in [6, 6.07) is 6.83. The topological polar surface area (TPSA) is 72.3 Å². The number of phenols is 1. The van der Waals surface area contributed by atoms with Gasteiger partial charge in [-0.2, -0.15) is 0 Å². The molecule has 0 aliphatic heterocycles. The van der Waals surface area contributed by atoms with Crippen molar-refractivity contribution >= 4 is 5.82 Å². The first-order valence-corrected chi connectivity index (χ1v) is 4.19. The van der Waals surface area contributed by atoms with Gasteiger partial charge in [-0.25, -0.2) is 0 Å². The molecule has 0 spiro atoms. The largest absolute Gasteiger partial charge is 0.507 e. The lowest BCUT2D eigenvalue weighted by atomic mass is 10.1. The molecule has 0 amide bonds. The van der Waals surface area contributed by atoms with E-state index in [1.165, 1.54) is 0 Å². The number of aromatic hydroxyl groups is 1. The molecule has 4 nitrogen and oxygen atoms in total. The van der Waals surface area contributed by atoms with E-state index in [1.54, 1.807) is 12.1 Å². The summed E-state index contributed by atoms with van der Waals surface area (Å²) in [5, 5.41) is 13.1. The third-order valence-electron chi connectivity index (χ3n) is 1.95. The van der Waals surface area contributed by atoms with E-state index in [4.69, 9.17) is 10.3 Å². The summed E-state index contributed by atoms with van der Waals surface area (Å²) >= 11 is 0. The van der Waals surface area contributed by atoms with Gasteiger partial charge in [-0.05, 0) is 19.1 Å². The molecule has 1 heterocycles. The van der Waals surface area contributed by atoms with Gasteiger partial charge in [0, 0.05) is 6.07 Å². The molecular weight excluding hydrogens is 180 g/mol. The van der Waals surface area contributed by atoms with Gasteiger partial charge in [0.25, 0.3) is 0 Å². The maximum Gasteiger partial charge on any atom is 0.172 e. The molecule has 0 bridgehead atoms. The van der Waals surface area contributed by atoms with Gasteiger partial charge in [0.05, 0.1) is 5.56 Å². The van der Waals surface area contributed by atoms with Crippen molar-refractivity contribution in [3.05, 3.63) is 29.8 Å². The van der Waals surface area contributed by atoms with E-state index in [2.05, 4.69) is 5.16 Å². The summed E-state index contributed by atoms with van der Waals surface area (Å²) < 4.78 is 4.95. The molecular formula is C10H10N2O2. The minimum Gasteiger partial charge on any atom is -0.507 e. The van der Waals surface area contributed by atoms with Crippen LogP contribution in [0.15, 0.2) is 28.8 Å². The van der Waals surface area contributed by atoms with E-state index < -0.39 is 0 Å². The number of rotatable bonds is 1. The van der Waals surface area contributed by atoms with Gasteiger partial charge < -0.3 is 15.4 Å². The van der Waals surface area contributed by atoms with E-state index in [-0.39, 0.29) is 5.75 Å². The van der Waals surface area contributed by atoms with Crippen molar-refractivity contribution in [3.8, 4) is 17.1 Å². The zero-order valence-electron chi connectivity index (χ0n) is 7.69. The number of aromatic nitrogens is 1. The molecule has 1 aromatic heterocycles. The van der Waals surface area contributed by atoms with E-state index in [0.29, 0.717) is 17.1 Å². The highest BCUT2D eigenvalue weighted by molar-refractivity contribution is 5.67.